The molecule has 4 amide bonds. The van der Waals surface area contributed by atoms with Crippen molar-refractivity contribution < 1.29 is 19.1 Å². The molecule has 0 aliphatic carbocycles. The summed E-state index contributed by atoms with van der Waals surface area (Å²) < 4.78 is 5.40. The summed E-state index contributed by atoms with van der Waals surface area (Å²) in [6, 6.07) is 12.4. The number of urea groups is 1. The molecule has 30 heavy (non-hydrogen) atoms. The number of benzene rings is 2. The molecule has 0 atom stereocenters. The lowest BCUT2D eigenvalue weighted by Gasteiger charge is -2.27. The number of hydrogen-bond acceptors (Lipinski definition) is 5. The molecule has 2 aromatic carbocycles. The van der Waals surface area contributed by atoms with E-state index in [4.69, 9.17) is 4.74 Å². The molecule has 2 aliphatic heterocycles. The Morgan fingerprint density at radius 2 is 1.70 bits per heavy atom. The molecule has 1 saturated heterocycles. The monoisotopic (exact) mass is 408 g/mol. The summed E-state index contributed by atoms with van der Waals surface area (Å²) in [4.78, 5) is 39.9. The summed E-state index contributed by atoms with van der Waals surface area (Å²) in [5.74, 6) is -0.695. The van der Waals surface area contributed by atoms with Crippen LogP contribution in [-0.4, -0.2) is 61.0 Å². The van der Waals surface area contributed by atoms with Crippen molar-refractivity contribution in [2.45, 2.75) is 13.1 Å². The predicted octanol–water partition coefficient (Wildman–Crippen LogP) is 2.07. The van der Waals surface area contributed by atoms with E-state index in [1.165, 1.54) is 18.7 Å². The molecular formula is C22H24N4O4. The number of ether oxygens (including phenoxy) is 1. The first-order chi connectivity index (χ1) is 14.5. The first-order valence-electron chi connectivity index (χ1n) is 9.91. The van der Waals surface area contributed by atoms with Crippen molar-refractivity contribution in [3.05, 3.63) is 64.7 Å². The maximum Gasteiger partial charge on any atom is 0.319 e. The molecule has 156 valence electrons. The number of rotatable bonds is 5. The number of hydrogen-bond donors (Lipinski definition) is 2. The van der Waals surface area contributed by atoms with Gasteiger partial charge >= 0.3 is 6.03 Å². The molecule has 0 aromatic heterocycles. The third-order valence-electron chi connectivity index (χ3n) is 5.40. The van der Waals surface area contributed by atoms with Gasteiger partial charge in [0.15, 0.2) is 0 Å². The molecule has 0 bridgehead atoms. The number of carbonyl (C=O) groups excluding carboxylic acids is 3. The summed E-state index contributed by atoms with van der Waals surface area (Å²) in [6.45, 7) is 4.49. The van der Waals surface area contributed by atoms with Gasteiger partial charge in [-0.3, -0.25) is 19.4 Å². The third-order valence-corrected chi connectivity index (χ3v) is 5.40. The van der Waals surface area contributed by atoms with E-state index >= 15 is 0 Å². The van der Waals surface area contributed by atoms with Crippen LogP contribution in [0.4, 0.5) is 10.5 Å². The van der Waals surface area contributed by atoms with Crippen LogP contribution in [0.3, 0.4) is 0 Å². The number of amides is 4. The number of carbonyl (C=O) groups is 3. The van der Waals surface area contributed by atoms with Gasteiger partial charge in [-0.1, -0.05) is 24.3 Å². The molecule has 2 aliphatic rings. The lowest BCUT2D eigenvalue weighted by Crippen LogP contribution is -2.36. The van der Waals surface area contributed by atoms with Crippen LogP contribution in [0.2, 0.25) is 0 Å². The maximum absolute atomic E-state index is 12.4. The van der Waals surface area contributed by atoms with Crippen LogP contribution in [0.5, 0.6) is 0 Å². The van der Waals surface area contributed by atoms with Crippen LogP contribution in [0, 0.1) is 0 Å². The zero-order chi connectivity index (χ0) is 21.1. The highest BCUT2D eigenvalue weighted by molar-refractivity contribution is 6.21. The molecule has 2 aromatic rings. The highest BCUT2D eigenvalue weighted by Gasteiger charge is 2.32. The van der Waals surface area contributed by atoms with Crippen molar-refractivity contribution in [3.8, 4) is 0 Å². The number of nitrogens with zero attached hydrogens (tertiary/aromatic N) is 2. The maximum atomic E-state index is 12.4. The van der Waals surface area contributed by atoms with E-state index in [-0.39, 0.29) is 17.8 Å². The average Bonchev–Trinajstić information content (AvgIpc) is 2.97. The van der Waals surface area contributed by atoms with Crippen LogP contribution in [-0.2, 0) is 17.8 Å². The van der Waals surface area contributed by atoms with Gasteiger partial charge in [0.2, 0.25) is 0 Å². The average molecular weight is 408 g/mol. The van der Waals surface area contributed by atoms with Gasteiger partial charge in [-0.05, 0) is 29.3 Å². The Kier molecular flexibility index (Phi) is 5.78. The van der Waals surface area contributed by atoms with Gasteiger partial charge in [0.1, 0.15) is 0 Å². The number of imide groups is 1. The Hall–Kier alpha value is -3.23. The Morgan fingerprint density at radius 3 is 2.47 bits per heavy atom. The molecular weight excluding hydrogens is 384 g/mol. The van der Waals surface area contributed by atoms with Crippen molar-refractivity contribution in [1.29, 1.82) is 0 Å². The van der Waals surface area contributed by atoms with E-state index in [9.17, 15) is 14.4 Å². The smallest absolute Gasteiger partial charge is 0.319 e. The van der Waals surface area contributed by atoms with E-state index < -0.39 is 0 Å². The van der Waals surface area contributed by atoms with Crippen LogP contribution in [0.15, 0.2) is 42.5 Å². The fraction of sp³-hybridized carbons (Fsp3) is 0.318. The lowest BCUT2D eigenvalue weighted by atomic mass is 10.1. The highest BCUT2D eigenvalue weighted by Crippen LogP contribution is 2.24. The minimum atomic E-state index is -0.374. The Balaban J connectivity index is 1.37. The summed E-state index contributed by atoms with van der Waals surface area (Å²) in [6.07, 6.45) is 0. The predicted molar refractivity (Wildman–Crippen MR) is 111 cm³/mol. The summed E-state index contributed by atoms with van der Waals surface area (Å²) in [7, 11) is 1.44. The molecule has 8 heteroatoms. The molecule has 0 saturated carbocycles. The van der Waals surface area contributed by atoms with Gasteiger partial charge in [-0.25, -0.2) is 4.79 Å². The molecule has 1 fully saturated rings. The van der Waals surface area contributed by atoms with Gasteiger partial charge in [-0.15, -0.1) is 0 Å². The first-order valence-corrected chi connectivity index (χ1v) is 9.91. The van der Waals surface area contributed by atoms with Crippen molar-refractivity contribution in [3.63, 3.8) is 0 Å². The molecule has 0 radical (unpaired) electrons. The van der Waals surface area contributed by atoms with Crippen molar-refractivity contribution in [1.82, 2.24) is 15.1 Å². The molecule has 8 nitrogen and oxygen atoms in total. The fourth-order valence-electron chi connectivity index (χ4n) is 3.67. The highest BCUT2D eigenvalue weighted by atomic mass is 16.5. The zero-order valence-electron chi connectivity index (χ0n) is 16.8. The van der Waals surface area contributed by atoms with Crippen molar-refractivity contribution in [2.75, 3.05) is 38.7 Å². The van der Waals surface area contributed by atoms with E-state index in [1.54, 1.807) is 12.1 Å². The molecule has 4 rings (SSSR count). The second-order valence-corrected chi connectivity index (χ2v) is 7.39. The van der Waals surface area contributed by atoms with Crippen molar-refractivity contribution >= 4 is 23.5 Å². The van der Waals surface area contributed by atoms with Gasteiger partial charge in [-0.2, -0.15) is 0 Å². The van der Waals surface area contributed by atoms with Crippen LogP contribution >= 0.6 is 0 Å². The topological polar surface area (TPSA) is 91.0 Å². The van der Waals surface area contributed by atoms with Gasteiger partial charge < -0.3 is 15.4 Å². The van der Waals surface area contributed by atoms with Gasteiger partial charge in [0.05, 0.1) is 24.3 Å². The Bertz CT molecular complexity index is 985. The van der Waals surface area contributed by atoms with E-state index in [0.717, 1.165) is 43.3 Å². The van der Waals surface area contributed by atoms with Gasteiger partial charge in [0.25, 0.3) is 11.8 Å². The minimum Gasteiger partial charge on any atom is -0.379 e. The second-order valence-electron chi connectivity index (χ2n) is 7.39. The van der Waals surface area contributed by atoms with Gasteiger partial charge in [0, 0.05) is 38.9 Å². The first kappa shape index (κ1) is 20.1. The van der Waals surface area contributed by atoms with E-state index in [2.05, 4.69) is 21.6 Å². The van der Waals surface area contributed by atoms with Crippen LogP contribution < -0.4 is 10.6 Å². The quantitative estimate of drug-likeness (QED) is 0.739. The molecule has 2 N–H and O–H groups in total. The summed E-state index contributed by atoms with van der Waals surface area (Å²) in [5, 5.41) is 5.60. The molecule has 2 heterocycles. The number of nitrogens with one attached hydrogen (secondary N) is 2. The second kappa shape index (κ2) is 8.64. The SMILES string of the molecule is CN1C(=O)c2ccc(NC(=O)NCc3ccccc3CN3CCOCC3)cc2C1=O. The minimum absolute atomic E-state index is 0.302. The van der Waals surface area contributed by atoms with E-state index in [1.807, 2.05) is 18.2 Å². The summed E-state index contributed by atoms with van der Waals surface area (Å²) >= 11 is 0. The molecule has 0 spiro atoms. The zero-order valence-corrected chi connectivity index (χ0v) is 16.8. The third kappa shape index (κ3) is 4.19. The number of anilines is 1. The van der Waals surface area contributed by atoms with Crippen LogP contribution in [0.25, 0.3) is 0 Å². The Labute approximate surface area is 174 Å². The molecule has 0 unspecified atom stereocenters. The number of morpholine rings is 1. The lowest BCUT2D eigenvalue weighted by molar-refractivity contribution is 0.0340. The largest absolute Gasteiger partial charge is 0.379 e. The van der Waals surface area contributed by atoms with Crippen molar-refractivity contribution in [2.24, 2.45) is 0 Å². The standard InChI is InChI=1S/C22H24N4O4/c1-25-20(27)18-7-6-17(12-19(18)21(25)28)24-22(29)23-13-15-4-2-3-5-16(15)14-26-8-10-30-11-9-26/h2-7,12H,8-11,13-14H2,1H3,(H2,23,24,29). The normalized spacial score (nSPS) is 16.5. The van der Waals surface area contributed by atoms with Crippen LogP contribution in [0.1, 0.15) is 31.8 Å². The Morgan fingerprint density at radius 1 is 1.00 bits per heavy atom. The fourth-order valence-corrected chi connectivity index (χ4v) is 3.67. The number of fused-ring (bicyclic) bond motifs is 1. The van der Waals surface area contributed by atoms with E-state index in [0.29, 0.717) is 23.4 Å². The summed E-state index contributed by atoms with van der Waals surface area (Å²) in [5.41, 5.74) is 3.34.